The average molecular weight is 422 g/mol. The van der Waals surface area contributed by atoms with Crippen molar-refractivity contribution in [2.75, 3.05) is 36.4 Å². The average Bonchev–Trinajstić information content (AvgIpc) is 2.79. The molecule has 30 heavy (non-hydrogen) atoms. The molecule has 3 aromatic rings. The molecule has 0 atom stereocenters. The van der Waals surface area contributed by atoms with E-state index in [1.807, 2.05) is 83.8 Å². The minimum atomic E-state index is -0.0899. The van der Waals surface area contributed by atoms with Crippen LogP contribution < -0.4 is 15.0 Å². The fourth-order valence-electron chi connectivity index (χ4n) is 3.48. The highest BCUT2D eigenvalue weighted by molar-refractivity contribution is 6.30. The zero-order chi connectivity index (χ0) is 20.8. The van der Waals surface area contributed by atoms with Crippen LogP contribution in [0.1, 0.15) is 5.56 Å². The van der Waals surface area contributed by atoms with Gasteiger partial charge in [0.2, 0.25) is 0 Å². The summed E-state index contributed by atoms with van der Waals surface area (Å²) < 4.78 is 5.85. The van der Waals surface area contributed by atoms with Crippen molar-refractivity contribution < 1.29 is 9.53 Å². The van der Waals surface area contributed by atoms with Gasteiger partial charge in [0, 0.05) is 48.1 Å². The molecule has 0 aliphatic carbocycles. The van der Waals surface area contributed by atoms with Gasteiger partial charge in [-0.05, 0) is 36.4 Å². The Morgan fingerprint density at radius 2 is 1.63 bits per heavy atom. The fourth-order valence-corrected chi connectivity index (χ4v) is 3.67. The number of benzene rings is 3. The summed E-state index contributed by atoms with van der Waals surface area (Å²) in [5.74, 6) is 0.802. The molecule has 3 aromatic carbocycles. The van der Waals surface area contributed by atoms with E-state index in [4.69, 9.17) is 16.3 Å². The molecule has 0 bridgehead atoms. The third kappa shape index (κ3) is 5.05. The van der Waals surface area contributed by atoms with E-state index in [-0.39, 0.29) is 6.03 Å². The standard InChI is InChI=1S/C24H24ClN3O2/c25-20-8-6-9-21(17-20)27-13-15-28(16-14-27)24(29)26-23-12-5-4-7-19(23)18-30-22-10-2-1-3-11-22/h1-12,17H,13-16,18H2,(H,26,29). The van der Waals surface area contributed by atoms with Gasteiger partial charge < -0.3 is 19.9 Å². The number of anilines is 2. The first kappa shape index (κ1) is 20.1. The molecular formula is C24H24ClN3O2. The van der Waals surface area contributed by atoms with Crippen LogP contribution >= 0.6 is 11.6 Å². The number of hydrogen-bond acceptors (Lipinski definition) is 3. The summed E-state index contributed by atoms with van der Waals surface area (Å²) in [5.41, 5.74) is 2.80. The van der Waals surface area contributed by atoms with E-state index in [1.54, 1.807) is 0 Å². The lowest BCUT2D eigenvalue weighted by Gasteiger charge is -2.36. The van der Waals surface area contributed by atoms with Gasteiger partial charge >= 0.3 is 6.03 Å². The van der Waals surface area contributed by atoms with Crippen LogP contribution in [0.15, 0.2) is 78.9 Å². The van der Waals surface area contributed by atoms with Gasteiger partial charge in [-0.3, -0.25) is 0 Å². The van der Waals surface area contributed by atoms with Gasteiger partial charge in [-0.2, -0.15) is 0 Å². The van der Waals surface area contributed by atoms with Crippen LogP contribution in [0.25, 0.3) is 0 Å². The summed E-state index contributed by atoms with van der Waals surface area (Å²) in [6.07, 6.45) is 0. The van der Waals surface area contributed by atoms with E-state index >= 15 is 0 Å². The molecule has 1 aliphatic heterocycles. The molecule has 154 valence electrons. The number of piperazine rings is 1. The number of urea groups is 1. The smallest absolute Gasteiger partial charge is 0.321 e. The van der Waals surface area contributed by atoms with Crippen LogP contribution in [-0.2, 0) is 6.61 Å². The highest BCUT2D eigenvalue weighted by atomic mass is 35.5. The Labute approximate surface area is 181 Å². The zero-order valence-corrected chi connectivity index (χ0v) is 17.4. The van der Waals surface area contributed by atoms with Gasteiger partial charge in [0.1, 0.15) is 12.4 Å². The number of nitrogens with zero attached hydrogens (tertiary/aromatic N) is 2. The molecular weight excluding hydrogens is 398 g/mol. The van der Waals surface area contributed by atoms with E-state index in [1.165, 1.54) is 0 Å². The number of rotatable bonds is 5. The summed E-state index contributed by atoms with van der Waals surface area (Å²) >= 11 is 6.10. The number of nitrogens with one attached hydrogen (secondary N) is 1. The lowest BCUT2D eigenvalue weighted by atomic mass is 10.2. The maximum absolute atomic E-state index is 12.8. The Hall–Kier alpha value is -3.18. The van der Waals surface area contributed by atoms with Crippen LogP contribution in [0.5, 0.6) is 5.75 Å². The van der Waals surface area contributed by atoms with Crippen molar-refractivity contribution in [3.05, 3.63) is 89.4 Å². The van der Waals surface area contributed by atoms with Crippen molar-refractivity contribution in [2.45, 2.75) is 6.61 Å². The Kier molecular flexibility index (Phi) is 6.40. The van der Waals surface area contributed by atoms with E-state index in [0.717, 1.165) is 40.8 Å². The maximum Gasteiger partial charge on any atom is 0.321 e. The van der Waals surface area contributed by atoms with Crippen molar-refractivity contribution in [3.8, 4) is 5.75 Å². The zero-order valence-electron chi connectivity index (χ0n) is 16.6. The molecule has 6 heteroatoms. The summed E-state index contributed by atoms with van der Waals surface area (Å²) in [6.45, 7) is 3.24. The van der Waals surface area contributed by atoms with Crippen LogP contribution in [0, 0.1) is 0 Å². The molecule has 0 aromatic heterocycles. The molecule has 1 heterocycles. The van der Waals surface area contributed by atoms with E-state index in [9.17, 15) is 4.79 Å². The molecule has 1 fully saturated rings. The van der Waals surface area contributed by atoms with Gasteiger partial charge in [-0.1, -0.05) is 54.1 Å². The van der Waals surface area contributed by atoms with Crippen molar-refractivity contribution in [3.63, 3.8) is 0 Å². The molecule has 0 saturated carbocycles. The summed E-state index contributed by atoms with van der Waals surface area (Å²) in [6, 6.07) is 25.1. The lowest BCUT2D eigenvalue weighted by Crippen LogP contribution is -2.50. The lowest BCUT2D eigenvalue weighted by molar-refractivity contribution is 0.208. The predicted molar refractivity (Wildman–Crippen MR) is 121 cm³/mol. The molecule has 0 unspecified atom stereocenters. The molecule has 0 spiro atoms. The number of carbonyl (C=O) groups excluding carboxylic acids is 1. The first-order valence-corrected chi connectivity index (χ1v) is 10.4. The minimum Gasteiger partial charge on any atom is -0.489 e. The van der Waals surface area contributed by atoms with Crippen molar-refractivity contribution in [2.24, 2.45) is 0 Å². The molecule has 1 aliphatic rings. The maximum atomic E-state index is 12.8. The van der Waals surface area contributed by atoms with Crippen LogP contribution in [0.4, 0.5) is 16.2 Å². The molecule has 4 rings (SSSR count). The Morgan fingerprint density at radius 3 is 2.40 bits per heavy atom. The third-order valence-electron chi connectivity index (χ3n) is 5.14. The molecule has 1 N–H and O–H groups in total. The van der Waals surface area contributed by atoms with Crippen molar-refractivity contribution in [1.29, 1.82) is 0 Å². The van der Waals surface area contributed by atoms with Gasteiger partial charge in [0.05, 0.1) is 0 Å². The largest absolute Gasteiger partial charge is 0.489 e. The Bertz CT molecular complexity index is 989. The number of ether oxygens (including phenoxy) is 1. The first-order chi connectivity index (χ1) is 14.7. The van der Waals surface area contributed by atoms with E-state index in [0.29, 0.717) is 19.7 Å². The number of halogens is 1. The second-order valence-corrected chi connectivity index (χ2v) is 7.58. The highest BCUT2D eigenvalue weighted by Gasteiger charge is 2.22. The number of carbonyl (C=O) groups is 1. The summed E-state index contributed by atoms with van der Waals surface area (Å²) in [5, 5.41) is 3.77. The SMILES string of the molecule is O=C(Nc1ccccc1COc1ccccc1)N1CCN(c2cccc(Cl)c2)CC1. The molecule has 0 radical (unpaired) electrons. The second-order valence-electron chi connectivity index (χ2n) is 7.14. The van der Waals surface area contributed by atoms with Crippen LogP contribution in [-0.4, -0.2) is 37.1 Å². The topological polar surface area (TPSA) is 44.8 Å². The van der Waals surface area contributed by atoms with Crippen LogP contribution in [0.2, 0.25) is 5.02 Å². The molecule has 1 saturated heterocycles. The van der Waals surface area contributed by atoms with Crippen molar-refractivity contribution >= 4 is 29.0 Å². The Balaban J connectivity index is 1.34. The van der Waals surface area contributed by atoms with Gasteiger partial charge in [-0.15, -0.1) is 0 Å². The van der Waals surface area contributed by atoms with Crippen LogP contribution in [0.3, 0.4) is 0 Å². The van der Waals surface area contributed by atoms with Gasteiger partial charge in [0.15, 0.2) is 0 Å². The summed E-state index contributed by atoms with van der Waals surface area (Å²) in [7, 11) is 0. The molecule has 5 nitrogen and oxygen atoms in total. The normalized spacial score (nSPS) is 13.8. The van der Waals surface area contributed by atoms with Crippen molar-refractivity contribution in [1.82, 2.24) is 4.90 Å². The second kappa shape index (κ2) is 9.55. The van der Waals surface area contributed by atoms with Gasteiger partial charge in [0.25, 0.3) is 0 Å². The number of amides is 2. The first-order valence-electron chi connectivity index (χ1n) is 10.0. The monoisotopic (exact) mass is 421 g/mol. The Morgan fingerprint density at radius 1 is 0.900 bits per heavy atom. The van der Waals surface area contributed by atoms with E-state index in [2.05, 4.69) is 10.2 Å². The third-order valence-corrected chi connectivity index (χ3v) is 5.37. The fraction of sp³-hybridized carbons (Fsp3) is 0.208. The number of hydrogen-bond donors (Lipinski definition) is 1. The molecule has 2 amide bonds. The number of para-hydroxylation sites is 2. The van der Waals surface area contributed by atoms with E-state index < -0.39 is 0 Å². The highest BCUT2D eigenvalue weighted by Crippen LogP contribution is 2.22. The quantitative estimate of drug-likeness (QED) is 0.610. The predicted octanol–water partition coefficient (Wildman–Crippen LogP) is 5.27. The minimum absolute atomic E-state index is 0.0899. The summed E-state index contributed by atoms with van der Waals surface area (Å²) in [4.78, 5) is 16.9. The van der Waals surface area contributed by atoms with Gasteiger partial charge in [-0.25, -0.2) is 4.79 Å².